The predicted molar refractivity (Wildman–Crippen MR) is 128 cm³/mol. The molecule has 0 aliphatic carbocycles. The minimum absolute atomic E-state index is 0.00967. The Morgan fingerprint density at radius 2 is 1.97 bits per heavy atom. The van der Waals surface area contributed by atoms with E-state index in [0.29, 0.717) is 27.9 Å². The fraction of sp³-hybridized carbons (Fsp3) is 0.250. The molecular formula is C24H25FN6O4. The van der Waals surface area contributed by atoms with Crippen molar-refractivity contribution in [3.63, 3.8) is 0 Å². The van der Waals surface area contributed by atoms with Gasteiger partial charge in [-0.3, -0.25) is 19.4 Å². The minimum atomic E-state index is -0.715. The molecular weight excluding hydrogens is 455 g/mol. The molecule has 0 bridgehead atoms. The summed E-state index contributed by atoms with van der Waals surface area (Å²) in [4.78, 5) is 46.3. The third-order valence-electron chi connectivity index (χ3n) is 5.52. The number of aromatic amines is 2. The van der Waals surface area contributed by atoms with Crippen molar-refractivity contribution in [1.82, 2.24) is 25.6 Å². The first-order valence-electron chi connectivity index (χ1n) is 11.0. The van der Waals surface area contributed by atoms with Gasteiger partial charge in [-0.1, -0.05) is 26.0 Å². The van der Waals surface area contributed by atoms with Gasteiger partial charge in [0.2, 0.25) is 11.9 Å². The van der Waals surface area contributed by atoms with Crippen LogP contribution in [-0.2, 0) is 11.3 Å². The van der Waals surface area contributed by atoms with E-state index < -0.39 is 17.8 Å². The van der Waals surface area contributed by atoms with Crippen LogP contribution < -0.4 is 21.5 Å². The van der Waals surface area contributed by atoms with Crippen LogP contribution in [0.2, 0.25) is 0 Å². The van der Waals surface area contributed by atoms with Crippen LogP contribution in [0.4, 0.5) is 10.3 Å². The van der Waals surface area contributed by atoms with E-state index in [1.54, 1.807) is 30.5 Å². The molecule has 182 valence electrons. The van der Waals surface area contributed by atoms with Gasteiger partial charge >= 0.3 is 0 Å². The highest BCUT2D eigenvalue weighted by molar-refractivity contribution is 5.96. The fourth-order valence-corrected chi connectivity index (χ4v) is 3.58. The summed E-state index contributed by atoms with van der Waals surface area (Å²) in [6.07, 6.45) is 1.61. The molecule has 1 aromatic carbocycles. The molecule has 2 amide bonds. The lowest BCUT2D eigenvalue weighted by Gasteiger charge is -2.19. The standard InChI is InChI=1S/C24H25FN6O4/c1-12(2)19(23(34)26-3)29-22(33)18-7-6-17(35-18)13-4-5-14(16(25)10-13)11-28-24-30-20-15(8-9-27-20)21(32)31-24/h4-10,12,19H,11H2,1-3H3,(H,26,34)(H,29,33)(H3,27,28,30,31,32)/t19-/m0/s1. The van der Waals surface area contributed by atoms with Gasteiger partial charge in [0, 0.05) is 30.9 Å². The number of benzene rings is 1. The van der Waals surface area contributed by atoms with E-state index >= 15 is 0 Å². The van der Waals surface area contributed by atoms with E-state index in [1.807, 2.05) is 13.8 Å². The molecule has 0 aliphatic heterocycles. The number of likely N-dealkylation sites (N-methyl/N-ethyl adjacent to an activating group) is 1. The van der Waals surface area contributed by atoms with Crippen LogP contribution >= 0.6 is 0 Å². The highest BCUT2D eigenvalue weighted by atomic mass is 19.1. The molecule has 0 unspecified atom stereocenters. The first-order chi connectivity index (χ1) is 16.8. The Balaban J connectivity index is 1.45. The molecule has 0 spiro atoms. The van der Waals surface area contributed by atoms with Gasteiger partial charge in [0.1, 0.15) is 23.3 Å². The zero-order valence-corrected chi connectivity index (χ0v) is 19.4. The number of halogens is 1. The third kappa shape index (κ3) is 5.08. The van der Waals surface area contributed by atoms with Crippen molar-refractivity contribution in [2.45, 2.75) is 26.4 Å². The van der Waals surface area contributed by atoms with Crippen molar-refractivity contribution < 1.29 is 18.4 Å². The average molecular weight is 481 g/mol. The van der Waals surface area contributed by atoms with Crippen molar-refractivity contribution in [3.05, 3.63) is 70.1 Å². The second kappa shape index (κ2) is 9.84. The highest BCUT2D eigenvalue weighted by Crippen LogP contribution is 2.25. The zero-order valence-electron chi connectivity index (χ0n) is 19.4. The Labute approximate surface area is 199 Å². The van der Waals surface area contributed by atoms with Crippen molar-refractivity contribution >= 4 is 28.8 Å². The first-order valence-corrected chi connectivity index (χ1v) is 11.0. The van der Waals surface area contributed by atoms with E-state index in [-0.39, 0.29) is 35.6 Å². The van der Waals surface area contributed by atoms with E-state index in [0.717, 1.165) is 0 Å². The maximum atomic E-state index is 14.8. The van der Waals surface area contributed by atoms with Gasteiger partial charge in [-0.25, -0.2) is 4.39 Å². The number of carbonyl (C=O) groups excluding carboxylic acids is 2. The van der Waals surface area contributed by atoms with Crippen LogP contribution in [-0.4, -0.2) is 39.9 Å². The highest BCUT2D eigenvalue weighted by Gasteiger charge is 2.25. The maximum Gasteiger partial charge on any atom is 0.287 e. The van der Waals surface area contributed by atoms with Crippen LogP contribution in [0, 0.1) is 11.7 Å². The van der Waals surface area contributed by atoms with Gasteiger partial charge in [-0.05, 0) is 30.2 Å². The molecule has 1 atom stereocenters. The van der Waals surface area contributed by atoms with E-state index in [1.165, 1.54) is 19.2 Å². The molecule has 0 saturated heterocycles. The number of rotatable bonds is 8. The molecule has 10 nitrogen and oxygen atoms in total. The largest absolute Gasteiger partial charge is 0.451 e. The van der Waals surface area contributed by atoms with E-state index in [4.69, 9.17) is 4.42 Å². The van der Waals surface area contributed by atoms with Crippen LogP contribution in [0.5, 0.6) is 0 Å². The summed E-state index contributed by atoms with van der Waals surface area (Å²) in [6.45, 7) is 3.72. The molecule has 4 rings (SSSR count). The van der Waals surface area contributed by atoms with Crippen molar-refractivity contribution in [3.8, 4) is 11.3 Å². The Morgan fingerprint density at radius 3 is 2.69 bits per heavy atom. The maximum absolute atomic E-state index is 14.8. The molecule has 0 fully saturated rings. The lowest BCUT2D eigenvalue weighted by molar-refractivity contribution is -0.123. The average Bonchev–Trinajstić information content (AvgIpc) is 3.51. The number of nitrogens with one attached hydrogen (secondary N) is 5. The molecule has 3 heterocycles. The number of anilines is 1. The summed E-state index contributed by atoms with van der Waals surface area (Å²) in [6, 6.07) is 8.47. The number of nitrogens with zero attached hydrogens (tertiary/aromatic N) is 1. The molecule has 0 aliphatic rings. The third-order valence-corrected chi connectivity index (χ3v) is 5.52. The normalized spacial score (nSPS) is 12.0. The first kappa shape index (κ1) is 23.7. The smallest absolute Gasteiger partial charge is 0.287 e. The quantitative estimate of drug-likeness (QED) is 0.262. The molecule has 3 aromatic heterocycles. The number of fused-ring (bicyclic) bond motifs is 1. The Hall–Kier alpha value is -4.41. The lowest BCUT2D eigenvalue weighted by Crippen LogP contribution is -2.48. The number of hydrogen-bond acceptors (Lipinski definition) is 6. The van der Waals surface area contributed by atoms with Gasteiger partial charge in [0.05, 0.1) is 5.39 Å². The van der Waals surface area contributed by atoms with Gasteiger partial charge in [0.25, 0.3) is 11.5 Å². The molecule has 0 saturated carbocycles. The van der Waals surface area contributed by atoms with Crippen molar-refractivity contribution in [2.24, 2.45) is 5.92 Å². The summed E-state index contributed by atoms with van der Waals surface area (Å²) >= 11 is 0. The van der Waals surface area contributed by atoms with Crippen LogP contribution in [0.15, 0.2) is 51.8 Å². The number of hydrogen-bond donors (Lipinski definition) is 5. The monoisotopic (exact) mass is 480 g/mol. The summed E-state index contributed by atoms with van der Waals surface area (Å²) in [7, 11) is 1.50. The summed E-state index contributed by atoms with van der Waals surface area (Å²) < 4.78 is 20.4. The summed E-state index contributed by atoms with van der Waals surface area (Å²) in [5.74, 6) is -0.944. The van der Waals surface area contributed by atoms with Gasteiger partial charge in [0.15, 0.2) is 5.76 Å². The second-order valence-corrected chi connectivity index (χ2v) is 8.29. The van der Waals surface area contributed by atoms with Crippen LogP contribution in [0.1, 0.15) is 30.0 Å². The SMILES string of the molecule is CNC(=O)[C@@H](NC(=O)c1ccc(-c2ccc(CNc3nc4[nH]ccc4c(=O)[nH]3)c(F)c2)o1)C(C)C. The molecule has 0 radical (unpaired) electrons. The number of carbonyl (C=O) groups is 2. The zero-order chi connectivity index (χ0) is 25.1. The van der Waals surface area contributed by atoms with Gasteiger partial charge < -0.3 is 25.4 Å². The van der Waals surface area contributed by atoms with Gasteiger partial charge in [-0.2, -0.15) is 4.98 Å². The van der Waals surface area contributed by atoms with Crippen LogP contribution in [0.25, 0.3) is 22.4 Å². The Kier molecular flexibility index (Phi) is 6.67. The lowest BCUT2D eigenvalue weighted by atomic mass is 10.0. The van der Waals surface area contributed by atoms with E-state index in [2.05, 4.69) is 30.9 Å². The van der Waals surface area contributed by atoms with Gasteiger partial charge in [-0.15, -0.1) is 0 Å². The molecule has 11 heteroatoms. The number of furan rings is 1. The second-order valence-electron chi connectivity index (χ2n) is 8.29. The van der Waals surface area contributed by atoms with Crippen molar-refractivity contribution in [2.75, 3.05) is 12.4 Å². The molecule has 5 N–H and O–H groups in total. The summed E-state index contributed by atoms with van der Waals surface area (Å²) in [5, 5.41) is 8.52. The molecule has 4 aromatic rings. The van der Waals surface area contributed by atoms with Crippen LogP contribution in [0.3, 0.4) is 0 Å². The molecule has 35 heavy (non-hydrogen) atoms. The number of H-pyrrole nitrogens is 2. The summed E-state index contributed by atoms with van der Waals surface area (Å²) in [5.41, 5.74) is 0.913. The Bertz CT molecular complexity index is 1440. The number of aromatic nitrogens is 3. The topological polar surface area (TPSA) is 145 Å². The fourth-order valence-electron chi connectivity index (χ4n) is 3.58. The number of amides is 2. The predicted octanol–water partition coefficient (Wildman–Crippen LogP) is 2.76. The van der Waals surface area contributed by atoms with Crippen molar-refractivity contribution in [1.29, 1.82) is 0 Å². The Morgan fingerprint density at radius 1 is 1.17 bits per heavy atom. The minimum Gasteiger partial charge on any atom is -0.451 e. The van der Waals surface area contributed by atoms with E-state index in [9.17, 15) is 18.8 Å².